The Hall–Kier alpha value is -2.27. The zero-order valence-corrected chi connectivity index (χ0v) is 11.8. The Bertz CT molecular complexity index is 629. The van der Waals surface area contributed by atoms with Gasteiger partial charge in [0.15, 0.2) is 0 Å². The highest BCUT2D eigenvalue weighted by Gasteiger charge is 2.11. The van der Waals surface area contributed by atoms with Gasteiger partial charge in [0.25, 0.3) is 0 Å². The molecule has 0 atom stereocenters. The summed E-state index contributed by atoms with van der Waals surface area (Å²) in [5.74, 6) is 0.158. The van der Waals surface area contributed by atoms with E-state index in [4.69, 9.17) is 21.4 Å². The summed E-state index contributed by atoms with van der Waals surface area (Å²) in [7, 11) is 3.38. The lowest BCUT2D eigenvalue weighted by Crippen LogP contribution is -2.12. The average molecular weight is 293 g/mol. The van der Waals surface area contributed by atoms with Crippen LogP contribution in [-0.4, -0.2) is 30.2 Å². The summed E-state index contributed by atoms with van der Waals surface area (Å²) in [4.78, 5) is 16.9. The van der Waals surface area contributed by atoms with Crippen LogP contribution in [0.3, 0.4) is 0 Å². The average Bonchev–Trinajstić information content (AvgIpc) is 2.46. The van der Waals surface area contributed by atoms with Crippen LogP contribution in [0.4, 0.5) is 11.5 Å². The van der Waals surface area contributed by atoms with E-state index in [9.17, 15) is 4.79 Å². The number of hydrogen-bond donors (Lipinski definition) is 1. The van der Waals surface area contributed by atoms with Crippen LogP contribution in [0.2, 0.25) is 5.15 Å². The van der Waals surface area contributed by atoms with Gasteiger partial charge >= 0.3 is 5.97 Å². The molecule has 1 aromatic carbocycles. The normalized spacial score (nSPS) is 10.2. The zero-order valence-electron chi connectivity index (χ0n) is 11.0. The van der Waals surface area contributed by atoms with E-state index >= 15 is 0 Å². The van der Waals surface area contributed by atoms with Crippen molar-refractivity contribution in [2.45, 2.75) is 0 Å². The summed E-state index contributed by atoms with van der Waals surface area (Å²) in [6.07, 6.45) is 0. The SMILES string of the molecule is COc1ccc(N(C)c2cc(C(=O)O)cc(Cl)n2)cc1. The maximum absolute atomic E-state index is 11.0. The number of benzene rings is 1. The molecule has 2 aromatic rings. The van der Waals surface area contributed by atoms with Crippen LogP contribution in [-0.2, 0) is 0 Å². The lowest BCUT2D eigenvalue weighted by Gasteiger charge is -2.19. The number of carboxylic acids is 1. The van der Waals surface area contributed by atoms with E-state index in [1.807, 2.05) is 24.3 Å². The number of pyridine rings is 1. The molecule has 0 radical (unpaired) electrons. The van der Waals surface area contributed by atoms with Gasteiger partial charge < -0.3 is 14.7 Å². The first kappa shape index (κ1) is 14.1. The second-order valence-electron chi connectivity index (χ2n) is 4.10. The molecule has 0 bridgehead atoms. The summed E-state index contributed by atoms with van der Waals surface area (Å²) in [5, 5.41) is 9.17. The quantitative estimate of drug-likeness (QED) is 0.877. The van der Waals surface area contributed by atoms with Crippen LogP contribution in [0.5, 0.6) is 5.75 Å². The van der Waals surface area contributed by atoms with Gasteiger partial charge in [-0.1, -0.05) is 11.6 Å². The van der Waals surface area contributed by atoms with E-state index in [0.29, 0.717) is 5.82 Å². The van der Waals surface area contributed by atoms with E-state index in [-0.39, 0.29) is 10.7 Å². The van der Waals surface area contributed by atoms with Crippen LogP contribution in [0.15, 0.2) is 36.4 Å². The number of hydrogen-bond acceptors (Lipinski definition) is 4. The molecule has 1 aromatic heterocycles. The Labute approximate surface area is 121 Å². The first-order valence-electron chi connectivity index (χ1n) is 5.80. The number of carbonyl (C=O) groups is 1. The van der Waals surface area contributed by atoms with Gasteiger partial charge in [0, 0.05) is 12.7 Å². The van der Waals surface area contributed by atoms with Gasteiger partial charge in [-0.05, 0) is 36.4 Å². The minimum atomic E-state index is -1.04. The van der Waals surface area contributed by atoms with Gasteiger partial charge in [0.1, 0.15) is 16.7 Å². The summed E-state index contributed by atoms with van der Waals surface area (Å²) < 4.78 is 5.09. The smallest absolute Gasteiger partial charge is 0.335 e. The molecule has 1 heterocycles. The van der Waals surface area contributed by atoms with Crippen molar-refractivity contribution >= 4 is 29.1 Å². The van der Waals surface area contributed by atoms with Crippen LogP contribution < -0.4 is 9.64 Å². The Morgan fingerprint density at radius 2 is 1.95 bits per heavy atom. The molecule has 20 heavy (non-hydrogen) atoms. The lowest BCUT2D eigenvalue weighted by atomic mass is 10.2. The maximum Gasteiger partial charge on any atom is 0.335 e. The van der Waals surface area contributed by atoms with Gasteiger partial charge in [-0.2, -0.15) is 0 Å². The van der Waals surface area contributed by atoms with E-state index in [1.54, 1.807) is 19.1 Å². The van der Waals surface area contributed by atoms with Crippen molar-refractivity contribution in [1.82, 2.24) is 4.98 Å². The molecule has 2 rings (SSSR count). The number of nitrogens with zero attached hydrogens (tertiary/aromatic N) is 2. The molecule has 0 amide bonds. The molecule has 0 aliphatic carbocycles. The molecule has 0 saturated heterocycles. The molecule has 0 fully saturated rings. The number of carboxylic acid groups (broad SMARTS) is 1. The highest BCUT2D eigenvalue weighted by Crippen LogP contribution is 2.26. The molecule has 5 nitrogen and oxygen atoms in total. The highest BCUT2D eigenvalue weighted by atomic mass is 35.5. The van der Waals surface area contributed by atoms with Crippen molar-refractivity contribution in [1.29, 1.82) is 0 Å². The number of rotatable bonds is 4. The second-order valence-corrected chi connectivity index (χ2v) is 4.49. The van der Waals surface area contributed by atoms with Crippen LogP contribution in [0, 0.1) is 0 Å². The van der Waals surface area contributed by atoms with Crippen LogP contribution in [0.1, 0.15) is 10.4 Å². The summed E-state index contributed by atoms with van der Waals surface area (Å²) >= 11 is 5.85. The largest absolute Gasteiger partial charge is 0.497 e. The van der Waals surface area contributed by atoms with Gasteiger partial charge in [-0.25, -0.2) is 9.78 Å². The number of aromatic carboxylic acids is 1. The molecule has 6 heteroatoms. The molecule has 1 N–H and O–H groups in total. The molecular weight excluding hydrogens is 280 g/mol. The summed E-state index contributed by atoms with van der Waals surface area (Å²) in [5.41, 5.74) is 0.942. The molecule has 0 unspecified atom stereocenters. The molecule has 0 aliphatic heterocycles. The zero-order chi connectivity index (χ0) is 14.7. The fourth-order valence-corrected chi connectivity index (χ4v) is 1.92. The molecule has 104 valence electrons. The number of halogens is 1. The molecule has 0 saturated carbocycles. The Balaban J connectivity index is 2.36. The van der Waals surface area contributed by atoms with E-state index in [1.165, 1.54) is 12.1 Å². The predicted molar refractivity (Wildman–Crippen MR) is 77.3 cm³/mol. The Morgan fingerprint density at radius 3 is 2.50 bits per heavy atom. The first-order chi connectivity index (χ1) is 9.51. The van der Waals surface area contributed by atoms with Crippen molar-refractivity contribution < 1.29 is 14.6 Å². The number of ether oxygens (including phenoxy) is 1. The standard InChI is InChI=1S/C14H13ClN2O3/c1-17(10-3-5-11(20-2)6-4-10)13-8-9(14(18)19)7-12(15)16-13/h3-8H,1-2H3,(H,18,19). The number of anilines is 2. The van der Waals surface area contributed by atoms with Crippen molar-refractivity contribution in [3.05, 3.63) is 47.1 Å². The summed E-state index contributed by atoms with van der Waals surface area (Å²) in [6.45, 7) is 0. The minimum absolute atomic E-state index is 0.0976. The topological polar surface area (TPSA) is 62.7 Å². The van der Waals surface area contributed by atoms with Crippen LogP contribution >= 0.6 is 11.6 Å². The van der Waals surface area contributed by atoms with Gasteiger partial charge in [-0.15, -0.1) is 0 Å². The molecule has 0 spiro atoms. The third kappa shape index (κ3) is 3.00. The van der Waals surface area contributed by atoms with E-state index < -0.39 is 5.97 Å². The van der Waals surface area contributed by atoms with Gasteiger partial charge in [0.05, 0.1) is 12.7 Å². The lowest BCUT2D eigenvalue weighted by molar-refractivity contribution is 0.0697. The monoisotopic (exact) mass is 292 g/mol. The Kier molecular flexibility index (Phi) is 4.10. The first-order valence-corrected chi connectivity index (χ1v) is 6.17. The minimum Gasteiger partial charge on any atom is -0.497 e. The van der Waals surface area contributed by atoms with Crippen molar-refractivity contribution in [3.63, 3.8) is 0 Å². The van der Waals surface area contributed by atoms with Gasteiger partial charge in [-0.3, -0.25) is 0 Å². The fourth-order valence-electron chi connectivity index (χ4n) is 1.72. The molecular formula is C14H13ClN2O3. The van der Waals surface area contributed by atoms with E-state index in [0.717, 1.165) is 11.4 Å². The van der Waals surface area contributed by atoms with Crippen LogP contribution in [0.25, 0.3) is 0 Å². The fraction of sp³-hybridized carbons (Fsp3) is 0.143. The predicted octanol–water partition coefficient (Wildman–Crippen LogP) is 3.21. The van der Waals surface area contributed by atoms with E-state index in [2.05, 4.69) is 4.98 Å². The highest BCUT2D eigenvalue weighted by molar-refractivity contribution is 6.29. The number of aromatic nitrogens is 1. The molecule has 0 aliphatic rings. The second kappa shape index (κ2) is 5.79. The third-order valence-corrected chi connectivity index (χ3v) is 3.02. The summed E-state index contributed by atoms with van der Waals surface area (Å²) in [6, 6.07) is 10.1. The van der Waals surface area contributed by atoms with Crippen molar-refractivity contribution in [3.8, 4) is 5.75 Å². The van der Waals surface area contributed by atoms with Crippen molar-refractivity contribution in [2.24, 2.45) is 0 Å². The van der Waals surface area contributed by atoms with Crippen molar-refractivity contribution in [2.75, 3.05) is 19.1 Å². The van der Waals surface area contributed by atoms with Gasteiger partial charge in [0.2, 0.25) is 0 Å². The third-order valence-electron chi connectivity index (χ3n) is 2.83. The number of methoxy groups -OCH3 is 1. The maximum atomic E-state index is 11.0. The Morgan fingerprint density at radius 1 is 1.30 bits per heavy atom.